The monoisotopic (exact) mass is 1170 g/mol. The van der Waals surface area contributed by atoms with E-state index in [2.05, 4.69) is 19.8 Å². The molecule has 4 atom stereocenters. The van der Waals surface area contributed by atoms with Crippen molar-refractivity contribution in [2.45, 2.75) is 98.5 Å². The number of anilines is 2. The van der Waals surface area contributed by atoms with Gasteiger partial charge in [0.2, 0.25) is 0 Å². The lowest BCUT2D eigenvalue weighted by Gasteiger charge is -2.36. The maximum atomic E-state index is 15.5. The van der Waals surface area contributed by atoms with Crippen LogP contribution in [0.4, 0.5) is 19.0 Å². The van der Waals surface area contributed by atoms with E-state index >= 15 is 4.39 Å². The molecule has 2 aromatic heterocycles. The summed E-state index contributed by atoms with van der Waals surface area (Å²) in [5.41, 5.74) is 1.13. The number of hydrogen-bond acceptors (Lipinski definition) is 16. The Labute approximate surface area is 462 Å². The van der Waals surface area contributed by atoms with Gasteiger partial charge in [-0.3, -0.25) is 0 Å². The largest absolute Gasteiger partial charge is 0.497 e. The van der Waals surface area contributed by atoms with Crippen LogP contribution < -0.4 is 37.0 Å². The molecule has 0 spiro atoms. The highest BCUT2D eigenvalue weighted by Crippen LogP contribution is 2.41. The molecule has 2 fully saturated rings. The fourth-order valence-corrected chi connectivity index (χ4v) is 14.5. The molecule has 2 heterocycles. The fourth-order valence-electron chi connectivity index (χ4n) is 9.24. The number of benzene rings is 4. The minimum Gasteiger partial charge on any atom is -0.497 e. The fraction of sp³-hybridized carbons (Fsp3) is 0.423. The molecule has 0 unspecified atom stereocenters. The van der Waals surface area contributed by atoms with E-state index in [4.69, 9.17) is 51.6 Å². The maximum absolute atomic E-state index is 15.5. The van der Waals surface area contributed by atoms with Gasteiger partial charge in [-0.2, -0.15) is 0 Å². The zero-order valence-corrected chi connectivity index (χ0v) is 48.2. The highest BCUT2D eigenvalue weighted by atomic mass is 35.5. The second-order valence-corrected chi connectivity index (χ2v) is 24.6. The predicted octanol–water partition coefficient (Wildman–Crippen LogP) is 11.2. The molecule has 2 aliphatic carbocycles. The molecule has 76 heavy (non-hydrogen) atoms. The molecule has 0 bridgehead atoms. The third-order valence-corrected chi connectivity index (χ3v) is 19.1. The predicted molar refractivity (Wildman–Crippen MR) is 294 cm³/mol. The summed E-state index contributed by atoms with van der Waals surface area (Å²) in [5, 5.41) is 3.45. The summed E-state index contributed by atoms with van der Waals surface area (Å²) in [5.74, 6) is 0.334. The Kier molecular flexibility index (Phi) is 20.0. The molecular formula is C52H62Cl2F2N6O10S4. The van der Waals surface area contributed by atoms with E-state index in [1.165, 1.54) is 40.8 Å². The van der Waals surface area contributed by atoms with Crippen molar-refractivity contribution in [3.05, 3.63) is 117 Å². The summed E-state index contributed by atoms with van der Waals surface area (Å²) < 4.78 is 122. The number of aromatic nitrogens is 2. The van der Waals surface area contributed by atoms with Gasteiger partial charge in [0.1, 0.15) is 68.1 Å². The van der Waals surface area contributed by atoms with E-state index in [1.807, 2.05) is 28.2 Å². The van der Waals surface area contributed by atoms with Gasteiger partial charge in [-0.25, -0.2) is 44.2 Å². The van der Waals surface area contributed by atoms with Gasteiger partial charge in [-0.15, -0.1) is 22.7 Å². The van der Waals surface area contributed by atoms with Gasteiger partial charge in [0, 0.05) is 70.6 Å². The lowest BCUT2D eigenvalue weighted by atomic mass is 9.91. The van der Waals surface area contributed by atoms with Crippen LogP contribution in [0.3, 0.4) is 0 Å². The first-order valence-electron chi connectivity index (χ1n) is 24.2. The Hall–Kier alpha value is -5.20. The number of hydrogen-bond donors (Lipinski definition) is 0. The Balaban J connectivity index is 0.000000221. The van der Waals surface area contributed by atoms with E-state index in [1.54, 1.807) is 47.2 Å². The van der Waals surface area contributed by atoms with E-state index < -0.39 is 36.6 Å². The second-order valence-electron chi connectivity index (χ2n) is 18.4. The van der Waals surface area contributed by atoms with E-state index in [-0.39, 0.29) is 74.1 Å². The molecule has 16 nitrogen and oxygen atoms in total. The van der Waals surface area contributed by atoms with E-state index in [0.29, 0.717) is 34.1 Å². The lowest BCUT2D eigenvalue weighted by Crippen LogP contribution is -2.44. The molecule has 2 aliphatic rings. The molecule has 412 valence electrons. The highest BCUT2D eigenvalue weighted by molar-refractivity contribution is 7.93. The Morgan fingerprint density at radius 3 is 1.42 bits per heavy atom. The first-order chi connectivity index (χ1) is 36.3. The summed E-state index contributed by atoms with van der Waals surface area (Å²) in [6.45, 7) is -0.244. The molecular weight excluding hydrogens is 1110 g/mol. The SMILES string of the molecule is COc1ccc(CN(c2nccs2)S(=O)(=O)c2cc(Cl)c(F)cc2O[C@H]2CCCC[C@@H]2N(C)C)c(OC)c1.COc1ccc(CN(c2nccs2)S(=O)(=O)c2cc(Cl)c(O[C@H]3CCCC[C@@H]3N(C)C)cc2F)c(OC)c1. The number of likely N-dealkylation sites (N-methyl/N-ethyl adjacent to an activating group) is 2. The van der Waals surface area contributed by atoms with Crippen LogP contribution >= 0.6 is 45.9 Å². The van der Waals surface area contributed by atoms with Gasteiger partial charge < -0.3 is 38.2 Å². The van der Waals surface area contributed by atoms with Gasteiger partial charge in [0.25, 0.3) is 20.0 Å². The first kappa shape index (κ1) is 58.5. The van der Waals surface area contributed by atoms with Crippen molar-refractivity contribution in [3.63, 3.8) is 0 Å². The van der Waals surface area contributed by atoms with Gasteiger partial charge in [-0.1, -0.05) is 36.0 Å². The normalized spacial score (nSPS) is 17.9. The number of rotatable bonds is 20. The molecule has 24 heteroatoms. The van der Waals surface area contributed by atoms with Crippen molar-refractivity contribution < 1.29 is 54.0 Å². The lowest BCUT2D eigenvalue weighted by molar-refractivity contribution is 0.0598. The van der Waals surface area contributed by atoms with Gasteiger partial charge in [-0.05, 0) is 103 Å². The van der Waals surface area contributed by atoms with Crippen molar-refractivity contribution in [1.29, 1.82) is 0 Å². The quantitative estimate of drug-likeness (QED) is 0.0709. The second kappa shape index (κ2) is 26.0. The molecule has 4 aromatic carbocycles. The summed E-state index contributed by atoms with van der Waals surface area (Å²) in [7, 11) is 5.18. The summed E-state index contributed by atoms with van der Waals surface area (Å²) >= 11 is 14.9. The van der Waals surface area contributed by atoms with Crippen LogP contribution in [0.25, 0.3) is 0 Å². The Morgan fingerprint density at radius 1 is 0.553 bits per heavy atom. The number of nitrogens with zero attached hydrogens (tertiary/aromatic N) is 6. The average molecular weight is 1170 g/mol. The van der Waals surface area contributed by atoms with Crippen LogP contribution in [-0.4, -0.2) is 118 Å². The number of thiazole rings is 2. The Morgan fingerprint density at radius 2 is 0.987 bits per heavy atom. The number of halogens is 4. The highest BCUT2D eigenvalue weighted by Gasteiger charge is 2.37. The van der Waals surface area contributed by atoms with E-state index in [0.717, 1.165) is 107 Å². The summed E-state index contributed by atoms with van der Waals surface area (Å²) in [6, 6.07) is 14.7. The topological polar surface area (TPSA) is 162 Å². The zero-order valence-electron chi connectivity index (χ0n) is 43.4. The third kappa shape index (κ3) is 13.5. The number of sulfonamides is 2. The van der Waals surface area contributed by atoms with Crippen LogP contribution in [0.1, 0.15) is 62.5 Å². The third-order valence-electron chi connectivity index (χ3n) is 13.2. The molecule has 2 saturated carbocycles. The van der Waals surface area contributed by atoms with Crippen molar-refractivity contribution in [2.75, 3.05) is 65.2 Å². The maximum Gasteiger partial charge on any atom is 0.270 e. The smallest absolute Gasteiger partial charge is 0.270 e. The average Bonchev–Trinajstić information content (AvgIpc) is 4.16. The molecule has 0 aliphatic heterocycles. The van der Waals surface area contributed by atoms with Crippen LogP contribution in [0.5, 0.6) is 34.5 Å². The Bertz CT molecular complexity index is 3120. The van der Waals surface area contributed by atoms with Crippen LogP contribution in [0.2, 0.25) is 10.0 Å². The molecule has 8 rings (SSSR count). The van der Waals surface area contributed by atoms with Gasteiger partial charge in [0.15, 0.2) is 10.3 Å². The van der Waals surface area contributed by atoms with Crippen LogP contribution in [-0.2, 0) is 33.1 Å². The molecule has 0 saturated heterocycles. The molecule has 0 N–H and O–H groups in total. The summed E-state index contributed by atoms with van der Waals surface area (Å²) in [6.07, 6.45) is 10.0. The number of ether oxygens (including phenoxy) is 6. The summed E-state index contributed by atoms with van der Waals surface area (Å²) in [4.78, 5) is 11.8. The van der Waals surface area contributed by atoms with Crippen molar-refractivity contribution in [3.8, 4) is 34.5 Å². The van der Waals surface area contributed by atoms with E-state index in [9.17, 15) is 21.2 Å². The van der Waals surface area contributed by atoms with Crippen molar-refractivity contribution in [2.24, 2.45) is 0 Å². The molecule has 0 amide bonds. The number of methoxy groups -OCH3 is 4. The minimum absolute atomic E-state index is 0.0224. The minimum atomic E-state index is -4.42. The molecule has 0 radical (unpaired) electrons. The standard InChI is InChI=1S/2C26H31ClFN3O5S2/c1-30(2)21-7-5-6-8-22(21)36-24-15-20(28)25(14-19(24)27)38(32,33)31(26-29-11-12-37-26)16-17-9-10-18(34-3)13-23(17)35-4;1-30(2)21-7-5-6-8-22(21)36-24-15-20(28)19(27)14-25(24)38(32,33)31(26-29-11-12-37-26)16-17-9-10-18(34-3)13-23(17)35-4/h2*9-15,21-22H,5-8,16H2,1-4H3/t2*21-,22-/m00/s1. The first-order valence-corrected chi connectivity index (χ1v) is 29.6. The van der Waals surface area contributed by atoms with Gasteiger partial charge in [0.05, 0.1) is 51.6 Å². The zero-order chi connectivity index (χ0) is 54.9. The molecule has 6 aromatic rings. The van der Waals surface area contributed by atoms with Crippen LogP contribution in [0.15, 0.2) is 93.6 Å². The van der Waals surface area contributed by atoms with Gasteiger partial charge >= 0.3 is 0 Å². The van der Waals surface area contributed by atoms with Crippen LogP contribution in [0, 0.1) is 11.6 Å². The van der Waals surface area contributed by atoms with Crippen molar-refractivity contribution in [1.82, 2.24) is 19.8 Å². The van der Waals surface area contributed by atoms with Crippen molar-refractivity contribution >= 4 is 76.2 Å².